The number of carbonyl (C=O) groups excluding carboxylic acids is 1. The standard InChI is InChI=1S/C59H96O26/c1-23(2)26-11-16-59(54(75)85-52-45(73)41(69)38(66)30(81-52)21-77-49-46(74)42(70)47(29(19-60)80-49)83-50-43(71)39(67)35(63)24(3)78-50)18-17-57(7)27(34(26)59)9-10-32-55(5)14-13-33(56(6,22-61)31(55)12-15-58(32,57)8)82-53-48(37(65)28(62)20-76-53)84-51-44(72)40(68)36(64)25(4)79-51/h24-53,60-74H,1,9-22H2,2-8H3/t24-,25-,26?,27+,28-,29+,30+,31+,32+,33-,34+,35-,36-,37-,38+,39+,40+,41-,42+,43+,44+,45+,46+,47+,48+,49+,50-,51-,52-,53?,55-,56-,57+,58+,59?/m0/s1. The van der Waals surface area contributed by atoms with Crippen LogP contribution in [0.25, 0.3) is 0 Å². The predicted octanol–water partition coefficient (Wildman–Crippen LogP) is -2.69. The fraction of sp³-hybridized carbons (Fsp3) is 0.949. The Kier molecular flexibility index (Phi) is 19.2. The van der Waals surface area contributed by atoms with Gasteiger partial charge in [0, 0.05) is 5.41 Å². The van der Waals surface area contributed by atoms with Crippen LogP contribution in [-0.2, 0) is 52.2 Å². The Morgan fingerprint density at radius 3 is 1.74 bits per heavy atom. The van der Waals surface area contributed by atoms with Gasteiger partial charge in [0.1, 0.15) is 104 Å². The van der Waals surface area contributed by atoms with Crippen molar-refractivity contribution in [1.82, 2.24) is 0 Å². The van der Waals surface area contributed by atoms with Crippen LogP contribution in [0.4, 0.5) is 0 Å². The average molecular weight is 1220 g/mol. The van der Waals surface area contributed by atoms with Gasteiger partial charge in [0.25, 0.3) is 0 Å². The van der Waals surface area contributed by atoms with Crippen LogP contribution in [-0.4, -0.2) is 263 Å². The molecule has 488 valence electrons. The third-order valence-corrected chi connectivity index (χ3v) is 23.6. The van der Waals surface area contributed by atoms with Gasteiger partial charge in [0.15, 0.2) is 25.2 Å². The molecule has 10 aliphatic rings. The van der Waals surface area contributed by atoms with Gasteiger partial charge in [-0.05, 0) is 131 Å². The highest BCUT2D eigenvalue weighted by molar-refractivity contribution is 5.78. The van der Waals surface area contributed by atoms with Crippen LogP contribution in [0.3, 0.4) is 0 Å². The molecular weight excluding hydrogens is 1120 g/mol. The molecule has 0 aromatic heterocycles. The molecule has 85 heavy (non-hydrogen) atoms. The minimum Gasteiger partial charge on any atom is -0.432 e. The number of fused-ring (bicyclic) bond motifs is 7. The van der Waals surface area contributed by atoms with E-state index in [1.807, 2.05) is 13.8 Å². The van der Waals surface area contributed by atoms with Gasteiger partial charge >= 0.3 is 5.97 Å². The van der Waals surface area contributed by atoms with Crippen LogP contribution in [0.15, 0.2) is 12.2 Å². The van der Waals surface area contributed by atoms with Crippen LogP contribution in [0.2, 0.25) is 0 Å². The Morgan fingerprint density at radius 1 is 0.541 bits per heavy atom. The molecule has 0 spiro atoms. The largest absolute Gasteiger partial charge is 0.432 e. The summed E-state index contributed by atoms with van der Waals surface area (Å²) in [5.41, 5.74) is -1.80. The number of ether oxygens (including phenoxy) is 10. The molecule has 5 saturated heterocycles. The summed E-state index contributed by atoms with van der Waals surface area (Å²) in [6.07, 6.45) is -31.6. The maximum absolute atomic E-state index is 15.2. The molecule has 5 saturated carbocycles. The molecule has 0 radical (unpaired) electrons. The molecule has 26 nitrogen and oxygen atoms in total. The van der Waals surface area contributed by atoms with E-state index in [-0.39, 0.29) is 59.0 Å². The minimum atomic E-state index is -1.90. The molecule has 0 amide bonds. The number of carbonyl (C=O) groups is 1. The van der Waals surface area contributed by atoms with Crippen LogP contribution < -0.4 is 0 Å². The maximum atomic E-state index is 15.2. The van der Waals surface area contributed by atoms with Gasteiger partial charge in [-0.3, -0.25) is 4.79 Å². The lowest BCUT2D eigenvalue weighted by atomic mass is 9.32. The topological polar surface area (TPSA) is 413 Å². The SMILES string of the molecule is C=C(C)C1CCC2(C(=O)O[C@@H]3O[C@H](CO[C@@H]4O[C@H](CO)[C@@H](O[C@@H]5O[C@@H](C)[C@H](O)[C@@H](O)[C@H]5O)[C@H](O)[C@H]4O)[C@@H](O)[C@H](O)[C@H]3O)CC[C@]3(C)[C@H](CC[C@@H]4[C@@]5(C)CC[C@H](OC6OC[C@H](O)[C@H](O)[C@H]6O[C@@H]6O[C@@H](C)[C@H](O)[C@@H](O)[C@H]6O)[C@@](C)(CO)[C@@H]5CC[C@]43C)[C@@H]12. The molecule has 10 rings (SSSR count). The number of hydrogen-bond donors (Lipinski definition) is 15. The molecule has 5 heterocycles. The molecular formula is C59H96O26. The molecule has 0 aromatic rings. The predicted molar refractivity (Wildman–Crippen MR) is 288 cm³/mol. The molecule has 0 bridgehead atoms. The van der Waals surface area contributed by atoms with E-state index in [4.69, 9.17) is 47.4 Å². The zero-order valence-electron chi connectivity index (χ0n) is 49.6. The number of aliphatic hydroxyl groups excluding tert-OH is 15. The monoisotopic (exact) mass is 1220 g/mol. The first-order chi connectivity index (χ1) is 39.9. The van der Waals surface area contributed by atoms with Gasteiger partial charge in [-0.25, -0.2) is 0 Å². The number of hydrogen-bond acceptors (Lipinski definition) is 26. The van der Waals surface area contributed by atoms with E-state index in [0.717, 1.165) is 31.3 Å². The van der Waals surface area contributed by atoms with Crippen molar-refractivity contribution in [3.8, 4) is 0 Å². The van der Waals surface area contributed by atoms with Gasteiger partial charge in [-0.2, -0.15) is 0 Å². The number of aliphatic hydroxyl groups is 15. The van der Waals surface area contributed by atoms with Crippen molar-refractivity contribution in [2.45, 2.75) is 266 Å². The van der Waals surface area contributed by atoms with Gasteiger partial charge in [0.2, 0.25) is 6.29 Å². The lowest BCUT2D eigenvalue weighted by Crippen LogP contribution is -2.68. The summed E-state index contributed by atoms with van der Waals surface area (Å²) in [5, 5.41) is 163. The van der Waals surface area contributed by atoms with Crippen molar-refractivity contribution >= 4 is 5.97 Å². The summed E-state index contributed by atoms with van der Waals surface area (Å²) < 4.78 is 59.5. The summed E-state index contributed by atoms with van der Waals surface area (Å²) in [6.45, 7) is 16.5. The van der Waals surface area contributed by atoms with E-state index in [1.165, 1.54) is 13.8 Å². The van der Waals surface area contributed by atoms with E-state index in [2.05, 4.69) is 27.4 Å². The van der Waals surface area contributed by atoms with Gasteiger partial charge in [-0.1, -0.05) is 39.8 Å². The Bertz CT molecular complexity index is 2340. The van der Waals surface area contributed by atoms with E-state index in [0.29, 0.717) is 38.5 Å². The highest BCUT2D eigenvalue weighted by Crippen LogP contribution is 2.78. The van der Waals surface area contributed by atoms with E-state index >= 15 is 4.79 Å². The Hall–Kier alpha value is -1.75. The molecule has 35 atom stereocenters. The van der Waals surface area contributed by atoms with Crippen molar-refractivity contribution in [2.24, 2.45) is 56.7 Å². The zero-order chi connectivity index (χ0) is 61.9. The van der Waals surface area contributed by atoms with Crippen molar-refractivity contribution < 1.29 is 129 Å². The summed E-state index contributed by atoms with van der Waals surface area (Å²) in [5.74, 6) is -0.760. The summed E-state index contributed by atoms with van der Waals surface area (Å²) >= 11 is 0. The fourth-order valence-corrected chi connectivity index (χ4v) is 18.4. The first-order valence-corrected chi connectivity index (χ1v) is 30.7. The molecule has 5 aliphatic heterocycles. The van der Waals surface area contributed by atoms with Gasteiger partial charge in [-0.15, -0.1) is 0 Å². The second-order valence-electron chi connectivity index (χ2n) is 28.0. The third kappa shape index (κ3) is 10.9. The summed E-state index contributed by atoms with van der Waals surface area (Å²) in [6, 6.07) is 0. The lowest BCUT2D eigenvalue weighted by molar-refractivity contribution is -0.366. The average Bonchev–Trinajstić information content (AvgIpc) is 1.62. The van der Waals surface area contributed by atoms with Gasteiger partial charge in [0.05, 0.1) is 50.2 Å². The highest BCUT2D eigenvalue weighted by atomic mass is 16.8. The number of esters is 1. The first kappa shape index (κ1) is 66.2. The van der Waals surface area contributed by atoms with Crippen molar-refractivity contribution in [2.75, 3.05) is 26.4 Å². The quantitative estimate of drug-likeness (QED) is 0.0478. The molecule has 15 N–H and O–H groups in total. The first-order valence-electron chi connectivity index (χ1n) is 30.7. The van der Waals surface area contributed by atoms with Crippen LogP contribution in [0.5, 0.6) is 0 Å². The van der Waals surface area contributed by atoms with E-state index in [1.54, 1.807) is 0 Å². The summed E-state index contributed by atoms with van der Waals surface area (Å²) in [7, 11) is 0. The van der Waals surface area contributed by atoms with Gasteiger partial charge < -0.3 is 124 Å². The van der Waals surface area contributed by atoms with Crippen LogP contribution >= 0.6 is 0 Å². The summed E-state index contributed by atoms with van der Waals surface area (Å²) in [4.78, 5) is 15.2. The third-order valence-electron chi connectivity index (χ3n) is 23.6. The smallest absolute Gasteiger partial charge is 0.314 e. The minimum absolute atomic E-state index is 0.0172. The van der Waals surface area contributed by atoms with Crippen molar-refractivity contribution in [1.29, 1.82) is 0 Å². The highest BCUT2D eigenvalue weighted by Gasteiger charge is 2.73. The molecule has 5 aliphatic carbocycles. The molecule has 0 aromatic carbocycles. The maximum Gasteiger partial charge on any atom is 0.314 e. The normalized spacial score (nSPS) is 56.3. The second kappa shape index (κ2) is 24.7. The molecule has 26 heteroatoms. The number of rotatable bonds is 14. The lowest BCUT2D eigenvalue weighted by Gasteiger charge is -2.73. The Morgan fingerprint density at radius 2 is 1.13 bits per heavy atom. The second-order valence-corrected chi connectivity index (χ2v) is 28.0. The van der Waals surface area contributed by atoms with E-state index < -0.39 is 184 Å². The van der Waals surface area contributed by atoms with E-state index in [9.17, 15) is 76.6 Å². The Labute approximate surface area is 494 Å². The molecule has 10 fully saturated rings. The molecule has 3 unspecified atom stereocenters. The fourth-order valence-electron chi connectivity index (χ4n) is 18.4. The van der Waals surface area contributed by atoms with Crippen LogP contribution in [0.1, 0.15) is 113 Å². The van der Waals surface area contributed by atoms with Crippen LogP contribution in [0, 0.1) is 56.7 Å². The van der Waals surface area contributed by atoms with Crippen molar-refractivity contribution in [3.63, 3.8) is 0 Å². The Balaban J connectivity index is 0.820. The van der Waals surface area contributed by atoms with Crippen molar-refractivity contribution in [3.05, 3.63) is 12.2 Å². The number of allylic oxidation sites excluding steroid dienone is 1. The zero-order valence-corrected chi connectivity index (χ0v) is 49.6.